The van der Waals surface area contributed by atoms with Gasteiger partial charge in [-0.05, 0) is 11.6 Å². The second-order valence-corrected chi connectivity index (χ2v) is 3.60. The Bertz CT molecular complexity index is 463. The Morgan fingerprint density at radius 2 is 2.00 bits per heavy atom. The molecule has 92 valence electrons. The number of nitro groups is 1. The standard InChI is InChI=1S/C9H8ClNO6/c10-5-2-1-4(3-6(5)11(16)17)7(12)8(13)9(14)15/h1-3,7-8,12-13H,(H,14,15). The first-order chi connectivity index (χ1) is 7.84. The average molecular weight is 262 g/mol. The second-order valence-electron chi connectivity index (χ2n) is 3.20. The van der Waals surface area contributed by atoms with Crippen molar-refractivity contribution in [3.8, 4) is 0 Å². The number of rotatable bonds is 4. The molecule has 0 fully saturated rings. The van der Waals surface area contributed by atoms with E-state index < -0.39 is 28.8 Å². The number of carboxylic acids is 1. The van der Waals surface area contributed by atoms with Crippen molar-refractivity contribution in [1.82, 2.24) is 0 Å². The fraction of sp³-hybridized carbons (Fsp3) is 0.222. The number of carbonyl (C=O) groups is 1. The quantitative estimate of drug-likeness (QED) is 0.542. The van der Waals surface area contributed by atoms with Crippen molar-refractivity contribution in [3.63, 3.8) is 0 Å². The van der Waals surface area contributed by atoms with Crippen LogP contribution in [0, 0.1) is 10.1 Å². The molecule has 0 aromatic heterocycles. The Labute approximate surface area is 100 Å². The third kappa shape index (κ3) is 2.90. The van der Waals surface area contributed by atoms with Crippen molar-refractivity contribution in [2.75, 3.05) is 0 Å². The van der Waals surface area contributed by atoms with Crippen molar-refractivity contribution >= 4 is 23.3 Å². The van der Waals surface area contributed by atoms with Crippen LogP contribution < -0.4 is 0 Å². The zero-order chi connectivity index (χ0) is 13.2. The summed E-state index contributed by atoms with van der Waals surface area (Å²) in [5.41, 5.74) is -0.572. The smallest absolute Gasteiger partial charge is 0.335 e. The van der Waals surface area contributed by atoms with E-state index in [-0.39, 0.29) is 10.6 Å². The topological polar surface area (TPSA) is 121 Å². The van der Waals surface area contributed by atoms with Crippen LogP contribution in [0.15, 0.2) is 18.2 Å². The van der Waals surface area contributed by atoms with Crippen LogP contribution >= 0.6 is 11.6 Å². The highest BCUT2D eigenvalue weighted by molar-refractivity contribution is 6.32. The Hall–Kier alpha value is -1.70. The lowest BCUT2D eigenvalue weighted by Gasteiger charge is -2.14. The molecule has 0 spiro atoms. The van der Waals surface area contributed by atoms with E-state index in [4.69, 9.17) is 21.8 Å². The number of carboxylic acid groups (broad SMARTS) is 1. The maximum atomic E-state index is 10.6. The van der Waals surface area contributed by atoms with Crippen molar-refractivity contribution in [1.29, 1.82) is 0 Å². The molecule has 0 aliphatic rings. The molecular weight excluding hydrogens is 254 g/mol. The van der Waals surface area contributed by atoms with Gasteiger partial charge >= 0.3 is 5.97 Å². The molecule has 2 atom stereocenters. The van der Waals surface area contributed by atoms with E-state index in [0.717, 1.165) is 12.1 Å². The summed E-state index contributed by atoms with van der Waals surface area (Å²) in [4.78, 5) is 20.2. The van der Waals surface area contributed by atoms with Gasteiger partial charge in [-0.15, -0.1) is 0 Å². The number of aliphatic hydroxyl groups is 2. The third-order valence-corrected chi connectivity index (χ3v) is 2.38. The van der Waals surface area contributed by atoms with E-state index in [1.54, 1.807) is 0 Å². The molecule has 8 heteroatoms. The predicted molar refractivity (Wildman–Crippen MR) is 56.7 cm³/mol. The fourth-order valence-corrected chi connectivity index (χ4v) is 1.36. The van der Waals surface area contributed by atoms with Gasteiger partial charge in [0.05, 0.1) is 4.92 Å². The van der Waals surface area contributed by atoms with E-state index in [2.05, 4.69) is 0 Å². The third-order valence-electron chi connectivity index (χ3n) is 2.06. The van der Waals surface area contributed by atoms with Gasteiger partial charge in [0.25, 0.3) is 5.69 Å². The molecule has 0 amide bonds. The van der Waals surface area contributed by atoms with E-state index in [0.29, 0.717) is 0 Å². The van der Waals surface area contributed by atoms with Crippen LogP contribution in [0.25, 0.3) is 0 Å². The summed E-state index contributed by atoms with van der Waals surface area (Å²) in [6, 6.07) is 3.26. The van der Waals surface area contributed by atoms with Crippen molar-refractivity contribution in [3.05, 3.63) is 38.9 Å². The molecule has 0 saturated heterocycles. The van der Waals surface area contributed by atoms with Crippen LogP contribution in [-0.2, 0) is 4.79 Å². The molecule has 3 N–H and O–H groups in total. The Kier molecular flexibility index (Phi) is 4.00. The molecule has 7 nitrogen and oxygen atoms in total. The van der Waals surface area contributed by atoms with Gasteiger partial charge in [0.1, 0.15) is 11.1 Å². The molecule has 0 bridgehead atoms. The minimum Gasteiger partial charge on any atom is -0.479 e. The van der Waals surface area contributed by atoms with Crippen LogP contribution in [0.1, 0.15) is 11.7 Å². The van der Waals surface area contributed by atoms with Crippen molar-refractivity contribution in [2.24, 2.45) is 0 Å². The lowest BCUT2D eigenvalue weighted by Crippen LogP contribution is -2.27. The van der Waals surface area contributed by atoms with E-state index in [1.807, 2.05) is 0 Å². The molecule has 1 aromatic carbocycles. The van der Waals surface area contributed by atoms with Crippen LogP contribution in [0.2, 0.25) is 5.02 Å². The maximum Gasteiger partial charge on any atom is 0.335 e. The number of hydrogen-bond donors (Lipinski definition) is 3. The van der Waals surface area contributed by atoms with E-state index in [9.17, 15) is 20.0 Å². The first kappa shape index (κ1) is 13.4. The zero-order valence-electron chi connectivity index (χ0n) is 8.28. The molecule has 2 unspecified atom stereocenters. The van der Waals surface area contributed by atoms with Gasteiger partial charge in [-0.3, -0.25) is 10.1 Å². The number of nitrogens with zero attached hydrogens (tertiary/aromatic N) is 1. The Balaban J connectivity index is 3.11. The predicted octanol–water partition coefficient (Wildman–Crippen LogP) is 0.727. The van der Waals surface area contributed by atoms with Gasteiger partial charge in [0.2, 0.25) is 0 Å². The highest BCUT2D eigenvalue weighted by Gasteiger charge is 2.27. The highest BCUT2D eigenvalue weighted by atomic mass is 35.5. The lowest BCUT2D eigenvalue weighted by molar-refractivity contribution is -0.384. The summed E-state index contributed by atoms with van der Waals surface area (Å²) in [7, 11) is 0. The van der Waals surface area contributed by atoms with E-state index in [1.165, 1.54) is 6.07 Å². The summed E-state index contributed by atoms with van der Waals surface area (Å²) >= 11 is 5.54. The van der Waals surface area contributed by atoms with Crippen LogP contribution in [-0.4, -0.2) is 32.3 Å². The maximum absolute atomic E-state index is 10.6. The number of aliphatic hydroxyl groups excluding tert-OH is 2. The average Bonchev–Trinajstić information content (AvgIpc) is 2.27. The van der Waals surface area contributed by atoms with Gasteiger partial charge in [0, 0.05) is 6.07 Å². The van der Waals surface area contributed by atoms with Gasteiger partial charge in [-0.2, -0.15) is 0 Å². The van der Waals surface area contributed by atoms with Gasteiger partial charge < -0.3 is 15.3 Å². The molecule has 0 heterocycles. The molecule has 0 aliphatic heterocycles. The molecule has 0 saturated carbocycles. The van der Waals surface area contributed by atoms with Crippen LogP contribution in [0.3, 0.4) is 0 Å². The highest BCUT2D eigenvalue weighted by Crippen LogP contribution is 2.28. The Morgan fingerprint density at radius 3 is 2.47 bits per heavy atom. The first-order valence-corrected chi connectivity index (χ1v) is 4.75. The summed E-state index contributed by atoms with van der Waals surface area (Å²) in [6.07, 6.45) is -3.82. The number of benzene rings is 1. The molecule has 0 aliphatic carbocycles. The van der Waals surface area contributed by atoms with Crippen LogP contribution in [0.4, 0.5) is 5.69 Å². The second kappa shape index (κ2) is 5.09. The number of nitro benzene ring substituents is 1. The Morgan fingerprint density at radius 1 is 1.41 bits per heavy atom. The largest absolute Gasteiger partial charge is 0.479 e. The monoisotopic (exact) mass is 261 g/mol. The summed E-state index contributed by atoms with van der Waals surface area (Å²) < 4.78 is 0. The van der Waals surface area contributed by atoms with Gasteiger partial charge in [0.15, 0.2) is 6.10 Å². The molecule has 17 heavy (non-hydrogen) atoms. The fourth-order valence-electron chi connectivity index (χ4n) is 1.17. The summed E-state index contributed by atoms with van der Waals surface area (Å²) in [5.74, 6) is -1.63. The molecule has 0 radical (unpaired) electrons. The minimum absolute atomic E-state index is 0.101. The summed E-state index contributed by atoms with van der Waals surface area (Å²) in [6.45, 7) is 0. The normalized spacial score (nSPS) is 14.1. The number of aliphatic carboxylic acids is 1. The number of hydrogen-bond acceptors (Lipinski definition) is 5. The first-order valence-electron chi connectivity index (χ1n) is 4.37. The van der Waals surface area contributed by atoms with Gasteiger partial charge in [-0.1, -0.05) is 17.7 Å². The molecular formula is C9H8ClNO6. The van der Waals surface area contributed by atoms with Gasteiger partial charge in [-0.25, -0.2) is 4.79 Å². The van der Waals surface area contributed by atoms with Crippen LogP contribution in [0.5, 0.6) is 0 Å². The summed E-state index contributed by atoms with van der Waals surface area (Å²) in [5, 5.41) is 37.4. The lowest BCUT2D eigenvalue weighted by atomic mass is 10.0. The minimum atomic E-state index is -2.06. The molecule has 1 aromatic rings. The van der Waals surface area contributed by atoms with Crippen molar-refractivity contribution in [2.45, 2.75) is 12.2 Å². The van der Waals surface area contributed by atoms with E-state index >= 15 is 0 Å². The SMILES string of the molecule is O=C(O)C(O)C(O)c1ccc(Cl)c([N+](=O)[O-])c1. The number of halogens is 1. The van der Waals surface area contributed by atoms with Crippen molar-refractivity contribution < 1.29 is 25.0 Å². The molecule has 1 rings (SSSR count). The zero-order valence-corrected chi connectivity index (χ0v) is 9.03.